The molecule has 0 aliphatic heterocycles. The lowest BCUT2D eigenvalue weighted by molar-refractivity contribution is -0.137. The maximum atomic E-state index is 12.6. The fraction of sp³-hybridized carbons (Fsp3) is 0.0714. The molecule has 0 radical (unpaired) electrons. The zero-order valence-corrected chi connectivity index (χ0v) is 12.6. The van der Waals surface area contributed by atoms with Crippen LogP contribution < -0.4 is 5.32 Å². The summed E-state index contributed by atoms with van der Waals surface area (Å²) in [7, 11) is 0. The summed E-state index contributed by atoms with van der Waals surface area (Å²) in [5.41, 5.74) is 0.273. The molecule has 0 heterocycles. The van der Waals surface area contributed by atoms with Gasteiger partial charge in [0.05, 0.1) is 27.5 Å². The molecule has 0 amide bonds. The van der Waals surface area contributed by atoms with Gasteiger partial charge in [-0.15, -0.1) is 0 Å². The van der Waals surface area contributed by atoms with E-state index in [9.17, 15) is 13.2 Å². The van der Waals surface area contributed by atoms with Crippen LogP contribution >= 0.6 is 27.5 Å². The molecule has 0 spiro atoms. The predicted molar refractivity (Wildman–Crippen MR) is 78.6 cm³/mol. The molecule has 2 nitrogen and oxygen atoms in total. The van der Waals surface area contributed by atoms with Gasteiger partial charge in [-0.25, -0.2) is 0 Å². The van der Waals surface area contributed by atoms with Gasteiger partial charge in [0.1, 0.15) is 6.07 Å². The molecule has 2 aromatic carbocycles. The second-order valence-electron chi connectivity index (χ2n) is 4.12. The Kier molecular flexibility index (Phi) is 4.45. The number of nitriles is 1. The van der Waals surface area contributed by atoms with Gasteiger partial charge in [0, 0.05) is 4.47 Å². The number of alkyl halides is 3. The lowest BCUT2D eigenvalue weighted by atomic mass is 10.1. The van der Waals surface area contributed by atoms with Crippen LogP contribution in [0.2, 0.25) is 5.02 Å². The highest BCUT2D eigenvalue weighted by atomic mass is 79.9. The minimum absolute atomic E-state index is 0.0753. The largest absolute Gasteiger partial charge is 0.416 e. The van der Waals surface area contributed by atoms with Crippen molar-refractivity contribution in [1.82, 2.24) is 0 Å². The maximum absolute atomic E-state index is 12.6. The second-order valence-corrected chi connectivity index (χ2v) is 5.44. The molecular weight excluding hydrogens is 369 g/mol. The van der Waals surface area contributed by atoms with Gasteiger partial charge in [-0.3, -0.25) is 0 Å². The Bertz CT molecular complexity index is 723. The number of halogens is 5. The summed E-state index contributed by atoms with van der Waals surface area (Å²) in [5, 5.41) is 11.8. The van der Waals surface area contributed by atoms with E-state index in [-0.39, 0.29) is 5.02 Å². The summed E-state index contributed by atoms with van der Waals surface area (Å²) in [6.07, 6.45) is -4.45. The second kappa shape index (κ2) is 5.96. The summed E-state index contributed by atoms with van der Waals surface area (Å²) in [6.45, 7) is 0. The van der Waals surface area contributed by atoms with Crippen molar-refractivity contribution in [1.29, 1.82) is 5.26 Å². The van der Waals surface area contributed by atoms with Gasteiger partial charge < -0.3 is 5.32 Å². The van der Waals surface area contributed by atoms with E-state index in [0.29, 0.717) is 16.9 Å². The van der Waals surface area contributed by atoms with Crippen molar-refractivity contribution in [2.75, 3.05) is 5.32 Å². The first-order chi connectivity index (χ1) is 9.81. The SMILES string of the molecule is N#Cc1ccc(Br)cc1Nc1ccc(C(F)(F)F)cc1Cl. The molecule has 0 aliphatic rings. The van der Waals surface area contributed by atoms with E-state index < -0.39 is 11.7 Å². The van der Waals surface area contributed by atoms with Crippen LogP contribution in [0.4, 0.5) is 24.5 Å². The van der Waals surface area contributed by atoms with Gasteiger partial charge in [-0.05, 0) is 36.4 Å². The summed E-state index contributed by atoms with van der Waals surface area (Å²) >= 11 is 9.13. The Morgan fingerprint density at radius 2 is 1.81 bits per heavy atom. The number of hydrogen-bond donors (Lipinski definition) is 1. The highest BCUT2D eigenvalue weighted by Gasteiger charge is 2.30. The molecule has 0 unspecified atom stereocenters. The monoisotopic (exact) mass is 374 g/mol. The standard InChI is InChI=1S/C14H7BrClF3N2/c15-10-3-1-8(7-20)13(6-10)21-12-4-2-9(5-11(12)16)14(17,18)19/h1-6,21H. The molecule has 0 aliphatic carbocycles. The molecule has 7 heteroatoms. The van der Waals surface area contributed by atoms with E-state index in [1.54, 1.807) is 18.2 Å². The van der Waals surface area contributed by atoms with Crippen molar-refractivity contribution >= 4 is 38.9 Å². The first kappa shape index (κ1) is 15.7. The molecular formula is C14H7BrClF3N2. The molecule has 0 bridgehead atoms. The van der Waals surface area contributed by atoms with Crippen molar-refractivity contribution in [3.8, 4) is 6.07 Å². The quantitative estimate of drug-likeness (QED) is 0.727. The summed E-state index contributed by atoms with van der Waals surface area (Å²) in [5.74, 6) is 0. The Morgan fingerprint density at radius 1 is 1.10 bits per heavy atom. The fourth-order valence-electron chi connectivity index (χ4n) is 1.66. The summed E-state index contributed by atoms with van der Waals surface area (Å²) in [6, 6.07) is 9.92. The molecule has 0 atom stereocenters. The molecule has 1 N–H and O–H groups in total. The third-order valence-corrected chi connectivity index (χ3v) is 3.47. The maximum Gasteiger partial charge on any atom is 0.416 e. The van der Waals surface area contributed by atoms with Crippen LogP contribution in [0.1, 0.15) is 11.1 Å². The van der Waals surface area contributed by atoms with Gasteiger partial charge in [0.15, 0.2) is 0 Å². The zero-order valence-electron chi connectivity index (χ0n) is 10.3. The van der Waals surface area contributed by atoms with Crippen LogP contribution in [0.3, 0.4) is 0 Å². The summed E-state index contributed by atoms with van der Waals surface area (Å²) in [4.78, 5) is 0. The minimum atomic E-state index is -4.45. The average Bonchev–Trinajstić information content (AvgIpc) is 2.40. The van der Waals surface area contributed by atoms with Crippen LogP contribution in [0.25, 0.3) is 0 Å². The molecule has 2 rings (SSSR count). The number of nitrogens with one attached hydrogen (secondary N) is 1. The molecule has 0 aromatic heterocycles. The fourth-order valence-corrected chi connectivity index (χ4v) is 2.24. The first-order valence-corrected chi connectivity index (χ1v) is 6.82. The summed E-state index contributed by atoms with van der Waals surface area (Å²) < 4.78 is 38.4. The van der Waals surface area contributed by atoms with Crippen molar-refractivity contribution in [2.45, 2.75) is 6.18 Å². The molecule has 21 heavy (non-hydrogen) atoms. The van der Waals surface area contributed by atoms with Gasteiger partial charge in [-0.1, -0.05) is 27.5 Å². The van der Waals surface area contributed by atoms with Crippen LogP contribution in [0, 0.1) is 11.3 Å². The molecule has 0 saturated carbocycles. The highest BCUT2D eigenvalue weighted by molar-refractivity contribution is 9.10. The Balaban J connectivity index is 2.37. The number of hydrogen-bond acceptors (Lipinski definition) is 2. The smallest absolute Gasteiger partial charge is 0.353 e. The lowest BCUT2D eigenvalue weighted by Gasteiger charge is -2.13. The van der Waals surface area contributed by atoms with Gasteiger partial charge in [-0.2, -0.15) is 18.4 Å². The predicted octanol–water partition coefficient (Wildman–Crippen LogP) is 5.74. The Hall–Kier alpha value is -1.71. The van der Waals surface area contributed by atoms with E-state index in [4.69, 9.17) is 16.9 Å². The molecule has 2 aromatic rings. The molecule has 0 fully saturated rings. The van der Waals surface area contributed by atoms with Gasteiger partial charge >= 0.3 is 6.18 Å². The first-order valence-electron chi connectivity index (χ1n) is 5.64. The minimum Gasteiger partial charge on any atom is -0.353 e. The van der Waals surface area contributed by atoms with E-state index >= 15 is 0 Å². The van der Waals surface area contributed by atoms with Crippen molar-refractivity contribution < 1.29 is 13.2 Å². The van der Waals surface area contributed by atoms with Gasteiger partial charge in [0.2, 0.25) is 0 Å². The van der Waals surface area contributed by atoms with Gasteiger partial charge in [0.25, 0.3) is 0 Å². The van der Waals surface area contributed by atoms with E-state index in [1.165, 1.54) is 6.07 Å². The van der Waals surface area contributed by atoms with Crippen molar-refractivity contribution in [3.63, 3.8) is 0 Å². The number of rotatable bonds is 2. The number of benzene rings is 2. The van der Waals surface area contributed by atoms with Crippen LogP contribution in [0.15, 0.2) is 40.9 Å². The van der Waals surface area contributed by atoms with E-state index in [0.717, 1.165) is 16.6 Å². The topological polar surface area (TPSA) is 35.8 Å². The molecule has 108 valence electrons. The third-order valence-electron chi connectivity index (χ3n) is 2.67. The van der Waals surface area contributed by atoms with E-state index in [1.807, 2.05) is 6.07 Å². The van der Waals surface area contributed by atoms with Crippen LogP contribution in [-0.4, -0.2) is 0 Å². The highest BCUT2D eigenvalue weighted by Crippen LogP contribution is 2.35. The van der Waals surface area contributed by atoms with E-state index in [2.05, 4.69) is 21.2 Å². The Morgan fingerprint density at radius 3 is 2.38 bits per heavy atom. The van der Waals surface area contributed by atoms with Crippen LogP contribution in [0.5, 0.6) is 0 Å². The number of anilines is 2. The Labute approximate surface area is 132 Å². The van der Waals surface area contributed by atoms with Crippen LogP contribution in [-0.2, 0) is 6.18 Å². The van der Waals surface area contributed by atoms with Crippen molar-refractivity contribution in [3.05, 3.63) is 57.0 Å². The lowest BCUT2D eigenvalue weighted by Crippen LogP contribution is -2.05. The van der Waals surface area contributed by atoms with Crippen molar-refractivity contribution in [2.24, 2.45) is 0 Å². The third kappa shape index (κ3) is 3.69. The molecule has 0 saturated heterocycles. The zero-order chi connectivity index (χ0) is 15.6. The average molecular weight is 376 g/mol. The normalized spacial score (nSPS) is 11.0. The number of nitrogens with zero attached hydrogens (tertiary/aromatic N) is 1.